The van der Waals surface area contributed by atoms with Crippen molar-refractivity contribution in [1.82, 2.24) is 10.6 Å². The lowest BCUT2D eigenvalue weighted by molar-refractivity contribution is -0.120. The van der Waals surface area contributed by atoms with Crippen LogP contribution in [0.15, 0.2) is 121 Å². The summed E-state index contributed by atoms with van der Waals surface area (Å²) in [7, 11) is 2.65. The molecule has 0 spiro atoms. The molecule has 0 fully saturated rings. The molecule has 0 saturated carbocycles. The van der Waals surface area contributed by atoms with Gasteiger partial charge in [-0.3, -0.25) is 9.59 Å². The highest BCUT2D eigenvalue weighted by Crippen LogP contribution is 2.24. The van der Waals surface area contributed by atoms with Crippen LogP contribution in [0.4, 0.5) is 9.59 Å². The molecule has 4 aromatic carbocycles. The van der Waals surface area contributed by atoms with E-state index in [1.807, 2.05) is 121 Å². The molecule has 0 aliphatic rings. The Morgan fingerprint density at radius 2 is 0.783 bits per heavy atom. The van der Waals surface area contributed by atoms with E-state index in [2.05, 4.69) is 10.6 Å². The second-order valence-electron chi connectivity index (χ2n) is 10.3. The Morgan fingerprint density at radius 3 is 1.11 bits per heavy atom. The van der Waals surface area contributed by atoms with Crippen LogP contribution in [-0.2, 0) is 45.1 Å². The average molecular weight is 657 g/mol. The maximum atomic E-state index is 13.3. The summed E-state index contributed by atoms with van der Waals surface area (Å²) in [5.74, 6) is 0.120. The summed E-state index contributed by atoms with van der Waals surface area (Å²) in [5.41, 5.74) is 3.32. The Hall–Kier alpha value is -4.54. The first-order chi connectivity index (χ1) is 22.5. The van der Waals surface area contributed by atoms with E-state index in [9.17, 15) is 19.2 Å². The number of ether oxygens (including phenoxy) is 2. The Labute approximate surface area is 277 Å². The molecule has 0 heterocycles. The van der Waals surface area contributed by atoms with Gasteiger partial charge in [0.2, 0.25) is 0 Å². The predicted molar refractivity (Wildman–Crippen MR) is 182 cm³/mol. The molecule has 0 aliphatic heterocycles. The maximum absolute atomic E-state index is 13.3. The Bertz CT molecular complexity index is 1410. The van der Waals surface area contributed by atoms with Gasteiger partial charge in [0, 0.05) is 24.3 Å². The SMILES string of the molecule is O=C(N[C@@H](CSSC[C@@H](NC(=O)OCc1ccccc1)C(=O)Cc1ccccc1)C(=O)Cc1ccccc1)OCc1ccccc1. The molecule has 0 saturated heterocycles. The van der Waals surface area contributed by atoms with Crippen LogP contribution in [-0.4, -0.2) is 47.3 Å². The number of Topliss-reactive ketones (excluding diaryl/α,β-unsaturated/α-hetero) is 2. The number of carbonyl (C=O) groups excluding carboxylic acids is 4. The molecule has 2 atom stereocenters. The zero-order valence-corrected chi connectivity index (χ0v) is 26.8. The molecule has 46 heavy (non-hydrogen) atoms. The van der Waals surface area contributed by atoms with E-state index in [1.54, 1.807) is 0 Å². The van der Waals surface area contributed by atoms with E-state index in [0.717, 1.165) is 22.3 Å². The number of benzene rings is 4. The van der Waals surface area contributed by atoms with Crippen LogP contribution < -0.4 is 10.6 Å². The van der Waals surface area contributed by atoms with Crippen LogP contribution in [0.5, 0.6) is 0 Å². The monoisotopic (exact) mass is 656 g/mol. The highest BCUT2D eigenvalue weighted by Gasteiger charge is 2.25. The first-order valence-corrected chi connectivity index (χ1v) is 17.3. The van der Waals surface area contributed by atoms with E-state index in [1.165, 1.54) is 21.6 Å². The third-order valence-electron chi connectivity index (χ3n) is 6.78. The van der Waals surface area contributed by atoms with Crippen molar-refractivity contribution in [3.63, 3.8) is 0 Å². The van der Waals surface area contributed by atoms with Crippen molar-refractivity contribution in [3.8, 4) is 0 Å². The van der Waals surface area contributed by atoms with Gasteiger partial charge in [-0.25, -0.2) is 9.59 Å². The molecule has 0 bridgehead atoms. The first kappa shape index (κ1) is 34.3. The van der Waals surface area contributed by atoms with E-state index >= 15 is 0 Å². The predicted octanol–water partition coefficient (Wildman–Crippen LogP) is 6.58. The molecule has 0 unspecified atom stereocenters. The zero-order chi connectivity index (χ0) is 32.4. The van der Waals surface area contributed by atoms with Gasteiger partial charge in [-0.15, -0.1) is 0 Å². The minimum Gasteiger partial charge on any atom is -0.445 e. The molecule has 0 aromatic heterocycles. The molecule has 0 radical (unpaired) electrons. The van der Waals surface area contributed by atoms with Crippen LogP contribution in [0.2, 0.25) is 0 Å². The van der Waals surface area contributed by atoms with Crippen molar-refractivity contribution < 1.29 is 28.7 Å². The number of carbonyl (C=O) groups is 4. The summed E-state index contributed by atoms with van der Waals surface area (Å²) >= 11 is 0. The lowest BCUT2D eigenvalue weighted by atomic mass is 10.1. The fraction of sp³-hybridized carbons (Fsp3) is 0.222. The summed E-state index contributed by atoms with van der Waals surface area (Å²) in [4.78, 5) is 51.9. The Kier molecular flexibility index (Phi) is 14.2. The third-order valence-corrected chi connectivity index (χ3v) is 9.20. The molecule has 4 aromatic rings. The van der Waals surface area contributed by atoms with Gasteiger partial charge in [0.05, 0.1) is 0 Å². The van der Waals surface area contributed by atoms with Crippen molar-refractivity contribution in [2.75, 3.05) is 11.5 Å². The summed E-state index contributed by atoms with van der Waals surface area (Å²) in [6, 6.07) is 35.5. The van der Waals surface area contributed by atoms with Gasteiger partial charge in [-0.05, 0) is 22.3 Å². The van der Waals surface area contributed by atoms with Crippen molar-refractivity contribution in [2.45, 2.75) is 38.1 Å². The minimum atomic E-state index is -0.830. The quantitative estimate of drug-likeness (QED) is 0.0969. The Morgan fingerprint density at radius 1 is 0.478 bits per heavy atom. The van der Waals surface area contributed by atoms with Gasteiger partial charge >= 0.3 is 12.2 Å². The highest BCUT2D eigenvalue weighted by atomic mass is 33.1. The van der Waals surface area contributed by atoms with E-state index in [0.29, 0.717) is 0 Å². The van der Waals surface area contributed by atoms with Crippen LogP contribution in [0.3, 0.4) is 0 Å². The minimum absolute atomic E-state index is 0.0748. The molecule has 238 valence electrons. The number of amides is 2. The summed E-state index contributed by atoms with van der Waals surface area (Å²) in [5, 5.41) is 5.43. The van der Waals surface area contributed by atoms with Gasteiger partial charge in [-0.1, -0.05) is 143 Å². The second kappa shape index (κ2) is 19.1. The number of hydrogen-bond donors (Lipinski definition) is 2. The maximum Gasteiger partial charge on any atom is 0.408 e. The molecule has 8 nitrogen and oxygen atoms in total. The molecule has 0 aliphatic carbocycles. The normalized spacial score (nSPS) is 11.9. The third kappa shape index (κ3) is 12.5. The van der Waals surface area contributed by atoms with Gasteiger partial charge < -0.3 is 20.1 Å². The van der Waals surface area contributed by atoms with Gasteiger partial charge in [0.15, 0.2) is 11.6 Å². The highest BCUT2D eigenvalue weighted by molar-refractivity contribution is 8.76. The molecule has 4 rings (SSSR count). The van der Waals surface area contributed by atoms with Crippen molar-refractivity contribution in [3.05, 3.63) is 144 Å². The molecule has 2 N–H and O–H groups in total. The van der Waals surface area contributed by atoms with E-state index in [-0.39, 0.29) is 49.1 Å². The van der Waals surface area contributed by atoms with Gasteiger partial charge in [-0.2, -0.15) is 0 Å². The second-order valence-corrected chi connectivity index (χ2v) is 12.9. The fourth-order valence-electron chi connectivity index (χ4n) is 4.32. The molecule has 10 heteroatoms. The van der Waals surface area contributed by atoms with Crippen LogP contribution in [0.1, 0.15) is 22.3 Å². The fourth-order valence-corrected chi connectivity index (χ4v) is 6.71. The van der Waals surface area contributed by atoms with Crippen LogP contribution in [0, 0.1) is 0 Å². The number of alkyl carbamates (subject to hydrolysis) is 2. The molecular weight excluding hydrogens is 621 g/mol. The molecular formula is C36H36N2O6S2. The van der Waals surface area contributed by atoms with E-state index < -0.39 is 24.3 Å². The van der Waals surface area contributed by atoms with Crippen LogP contribution >= 0.6 is 21.6 Å². The number of rotatable bonds is 17. The smallest absolute Gasteiger partial charge is 0.408 e. The van der Waals surface area contributed by atoms with Gasteiger partial charge in [0.1, 0.15) is 25.3 Å². The van der Waals surface area contributed by atoms with Crippen molar-refractivity contribution in [2.24, 2.45) is 0 Å². The summed E-state index contributed by atoms with van der Waals surface area (Å²) < 4.78 is 10.7. The Balaban J connectivity index is 1.34. The lowest BCUT2D eigenvalue weighted by Crippen LogP contribution is -2.44. The number of hydrogen-bond acceptors (Lipinski definition) is 8. The van der Waals surface area contributed by atoms with Gasteiger partial charge in [0.25, 0.3) is 0 Å². The topological polar surface area (TPSA) is 111 Å². The van der Waals surface area contributed by atoms with E-state index in [4.69, 9.17) is 9.47 Å². The summed E-state index contributed by atoms with van der Waals surface area (Å²) in [6.07, 6.45) is -1.11. The largest absolute Gasteiger partial charge is 0.445 e. The number of ketones is 2. The lowest BCUT2D eigenvalue weighted by Gasteiger charge is -2.19. The van der Waals surface area contributed by atoms with Crippen LogP contribution in [0.25, 0.3) is 0 Å². The average Bonchev–Trinajstić information content (AvgIpc) is 3.09. The van der Waals surface area contributed by atoms with Crippen molar-refractivity contribution in [1.29, 1.82) is 0 Å². The standard InChI is InChI=1S/C36H36N2O6S2/c39-33(21-27-13-5-1-6-14-27)31(37-35(41)43-23-29-17-9-3-10-18-29)25-45-46-26-32(34(40)22-28-15-7-2-8-16-28)38-36(42)44-24-30-19-11-4-12-20-30/h1-20,31-32H,21-26H2,(H,37,41)(H,38,42)/t31-,32+. The van der Waals surface area contributed by atoms with Crippen molar-refractivity contribution >= 4 is 45.3 Å². The number of nitrogens with one attached hydrogen (secondary N) is 2. The summed E-state index contributed by atoms with van der Waals surface area (Å²) in [6.45, 7) is 0.150. The molecule has 2 amide bonds. The first-order valence-electron chi connectivity index (χ1n) is 14.8. The zero-order valence-electron chi connectivity index (χ0n) is 25.2.